The van der Waals surface area contributed by atoms with Gasteiger partial charge in [0.15, 0.2) is 6.10 Å². The van der Waals surface area contributed by atoms with Crippen molar-refractivity contribution in [2.45, 2.75) is 44.4 Å². The first kappa shape index (κ1) is 14.7. The van der Waals surface area contributed by atoms with Crippen molar-refractivity contribution in [1.29, 1.82) is 0 Å². The minimum Gasteiger partial charge on any atom is -0.545 e. The molecule has 4 aliphatic rings. The second-order valence-electron chi connectivity index (χ2n) is 6.55. The lowest BCUT2D eigenvalue weighted by atomic mass is 9.87. The zero-order chi connectivity index (χ0) is 16.3. The summed E-state index contributed by atoms with van der Waals surface area (Å²) in [6.07, 6.45) is -0.891. The smallest absolute Gasteiger partial charge is 0.339 e. The maximum absolute atomic E-state index is 12.4. The van der Waals surface area contributed by atoms with Crippen LogP contribution in [0, 0.1) is 11.8 Å². The number of carbonyl (C=O) groups is 2. The minimum atomic E-state index is -1.40. The highest BCUT2D eigenvalue weighted by Crippen LogP contribution is 2.50. The van der Waals surface area contributed by atoms with E-state index in [9.17, 15) is 14.7 Å². The molecule has 1 aromatic rings. The van der Waals surface area contributed by atoms with Crippen LogP contribution in [0.3, 0.4) is 0 Å². The molecule has 6 nitrogen and oxygen atoms in total. The molecule has 0 amide bonds. The Morgan fingerprint density at radius 1 is 0.957 bits per heavy atom. The average molecular weight is 317 g/mol. The summed E-state index contributed by atoms with van der Waals surface area (Å²) in [4.78, 5) is 23.6. The molecule has 0 saturated carbocycles. The van der Waals surface area contributed by atoms with Gasteiger partial charge < -0.3 is 24.1 Å². The molecule has 4 saturated heterocycles. The Morgan fingerprint density at radius 3 is 2.26 bits per heavy atom. The number of aromatic carboxylic acids is 1. The first-order valence-electron chi connectivity index (χ1n) is 7.81. The van der Waals surface area contributed by atoms with E-state index >= 15 is 0 Å². The van der Waals surface area contributed by atoms with Gasteiger partial charge in [0.05, 0.1) is 23.7 Å². The Hall–Kier alpha value is -1.92. The molecule has 1 aromatic carbocycles. The maximum atomic E-state index is 12.4. The van der Waals surface area contributed by atoms with Crippen LogP contribution >= 0.6 is 0 Å². The van der Waals surface area contributed by atoms with Crippen LogP contribution in [0.4, 0.5) is 0 Å². The molecule has 0 radical (unpaired) electrons. The summed E-state index contributed by atoms with van der Waals surface area (Å²) in [6, 6.07) is 5.88. The zero-order valence-electron chi connectivity index (χ0n) is 12.8. The molecule has 4 bridgehead atoms. The number of carboxylic acids is 1. The summed E-state index contributed by atoms with van der Waals surface area (Å²) < 4.78 is 17.5. The molecule has 0 aliphatic carbocycles. The number of ether oxygens (including phenoxy) is 3. The third-order valence-electron chi connectivity index (χ3n) is 5.28. The molecule has 23 heavy (non-hydrogen) atoms. The standard InChI is InChI=1S/C17H18O6/c1-7-11-8(2)13-15(14(21-11)12(7)22-13)23-17(20)10-6-4-3-5-9(10)16(18)19/h3-8,11-15H,1-2H3,(H,18,19)/p-1/t7-,8+,11+,12+,13-,14-,15-/m1/s1. The fraction of sp³-hybridized carbons (Fsp3) is 0.529. The first-order valence-corrected chi connectivity index (χ1v) is 7.81. The topological polar surface area (TPSA) is 84.9 Å². The van der Waals surface area contributed by atoms with Gasteiger partial charge in [-0.2, -0.15) is 0 Å². The van der Waals surface area contributed by atoms with Crippen LogP contribution in [-0.4, -0.2) is 42.5 Å². The quantitative estimate of drug-likeness (QED) is 0.750. The van der Waals surface area contributed by atoms with E-state index < -0.39 is 18.0 Å². The third-order valence-corrected chi connectivity index (χ3v) is 5.28. The number of rotatable bonds is 3. The average Bonchev–Trinajstić information content (AvgIpc) is 2.96. The molecule has 7 atom stereocenters. The lowest BCUT2D eigenvalue weighted by Crippen LogP contribution is -2.49. The Bertz CT molecular complexity index is 667. The monoisotopic (exact) mass is 317 g/mol. The Morgan fingerprint density at radius 2 is 1.57 bits per heavy atom. The summed E-state index contributed by atoms with van der Waals surface area (Å²) in [5.41, 5.74) is -0.182. The van der Waals surface area contributed by atoms with Crippen molar-refractivity contribution in [3.63, 3.8) is 0 Å². The second-order valence-corrected chi connectivity index (χ2v) is 6.55. The van der Waals surface area contributed by atoms with Crippen LogP contribution in [0.5, 0.6) is 0 Å². The minimum absolute atomic E-state index is 0.00878. The van der Waals surface area contributed by atoms with Crippen molar-refractivity contribution < 1.29 is 28.9 Å². The van der Waals surface area contributed by atoms with Gasteiger partial charge in [-0.3, -0.25) is 0 Å². The van der Waals surface area contributed by atoms with E-state index in [1.807, 2.05) is 6.92 Å². The van der Waals surface area contributed by atoms with E-state index in [0.717, 1.165) is 0 Å². The van der Waals surface area contributed by atoms with E-state index in [1.54, 1.807) is 6.07 Å². The lowest BCUT2D eigenvalue weighted by molar-refractivity contribution is -0.255. The Balaban J connectivity index is 1.58. The van der Waals surface area contributed by atoms with Crippen molar-refractivity contribution in [1.82, 2.24) is 0 Å². The summed E-state index contributed by atoms with van der Waals surface area (Å²) >= 11 is 0. The number of esters is 1. The molecule has 0 N–H and O–H groups in total. The normalized spacial score (nSPS) is 40.3. The molecule has 4 aliphatic heterocycles. The van der Waals surface area contributed by atoms with E-state index in [0.29, 0.717) is 0 Å². The van der Waals surface area contributed by atoms with Gasteiger partial charge in [-0.15, -0.1) is 0 Å². The van der Waals surface area contributed by atoms with Crippen molar-refractivity contribution in [3.05, 3.63) is 35.4 Å². The fourth-order valence-electron chi connectivity index (χ4n) is 4.15. The summed E-state index contributed by atoms with van der Waals surface area (Å²) in [6.45, 7) is 4.11. The fourth-order valence-corrected chi connectivity index (χ4v) is 4.15. The summed E-state index contributed by atoms with van der Waals surface area (Å²) in [5.74, 6) is -1.68. The highest BCUT2D eigenvalue weighted by Gasteiger charge is 2.65. The highest BCUT2D eigenvalue weighted by molar-refractivity contribution is 6.01. The molecule has 0 unspecified atom stereocenters. The molecular formula is C17H17O6-. The third kappa shape index (κ3) is 2.01. The van der Waals surface area contributed by atoms with Crippen LogP contribution in [0.2, 0.25) is 0 Å². The summed E-state index contributed by atoms with van der Waals surface area (Å²) in [5, 5.41) is 11.1. The van der Waals surface area contributed by atoms with Crippen LogP contribution < -0.4 is 5.11 Å². The SMILES string of the molecule is C[C@@H]1[C@@H]2O[C@H]3[C@H](OC(=O)c4ccccc4C(=O)[O-])[C@H](O[C@@H]13)[C@H]2C. The van der Waals surface area contributed by atoms with E-state index in [1.165, 1.54) is 18.2 Å². The van der Waals surface area contributed by atoms with Crippen molar-refractivity contribution in [2.24, 2.45) is 11.8 Å². The van der Waals surface area contributed by atoms with Gasteiger partial charge in [0.2, 0.25) is 0 Å². The van der Waals surface area contributed by atoms with Gasteiger partial charge in [-0.25, -0.2) is 4.79 Å². The van der Waals surface area contributed by atoms with E-state index in [-0.39, 0.29) is 47.4 Å². The number of carbonyl (C=O) groups excluding carboxylic acids is 2. The molecule has 0 spiro atoms. The largest absolute Gasteiger partial charge is 0.545 e. The molecule has 6 heteroatoms. The van der Waals surface area contributed by atoms with Gasteiger partial charge in [-0.05, 0) is 6.07 Å². The van der Waals surface area contributed by atoms with Crippen LogP contribution in [0.1, 0.15) is 34.6 Å². The highest BCUT2D eigenvalue weighted by atomic mass is 16.6. The zero-order valence-corrected chi connectivity index (χ0v) is 12.8. The number of hydrogen-bond donors (Lipinski definition) is 0. The van der Waals surface area contributed by atoms with Crippen molar-refractivity contribution in [2.75, 3.05) is 0 Å². The number of hydrogen-bond acceptors (Lipinski definition) is 6. The molecule has 4 heterocycles. The van der Waals surface area contributed by atoms with Crippen LogP contribution in [0.25, 0.3) is 0 Å². The maximum Gasteiger partial charge on any atom is 0.339 e. The molecule has 4 fully saturated rings. The van der Waals surface area contributed by atoms with Gasteiger partial charge >= 0.3 is 5.97 Å². The van der Waals surface area contributed by atoms with E-state index in [4.69, 9.17) is 14.2 Å². The predicted octanol–water partition coefficient (Wildman–Crippen LogP) is 0.396. The van der Waals surface area contributed by atoms with E-state index in [2.05, 4.69) is 6.92 Å². The Labute approximate surface area is 133 Å². The van der Waals surface area contributed by atoms with Gasteiger partial charge in [0.25, 0.3) is 0 Å². The number of benzene rings is 1. The van der Waals surface area contributed by atoms with Crippen molar-refractivity contribution in [3.8, 4) is 0 Å². The number of carboxylic acid groups (broad SMARTS) is 1. The van der Waals surface area contributed by atoms with Gasteiger partial charge in [-0.1, -0.05) is 32.0 Å². The van der Waals surface area contributed by atoms with Crippen LogP contribution in [-0.2, 0) is 14.2 Å². The lowest BCUT2D eigenvalue weighted by Gasteiger charge is -2.38. The van der Waals surface area contributed by atoms with Gasteiger partial charge in [0, 0.05) is 17.4 Å². The second kappa shape index (κ2) is 5.04. The predicted molar refractivity (Wildman–Crippen MR) is 75.6 cm³/mol. The molecule has 122 valence electrons. The molecule has 5 rings (SSSR count). The molecule has 0 aromatic heterocycles. The van der Waals surface area contributed by atoms with Crippen molar-refractivity contribution >= 4 is 11.9 Å². The first-order chi connectivity index (χ1) is 11.0. The Kier molecular flexibility index (Phi) is 3.21. The van der Waals surface area contributed by atoms with Gasteiger partial charge in [0.1, 0.15) is 12.2 Å². The van der Waals surface area contributed by atoms with Crippen LogP contribution in [0.15, 0.2) is 24.3 Å². The summed E-state index contributed by atoms with van der Waals surface area (Å²) in [7, 11) is 0. The molecular weight excluding hydrogens is 300 g/mol.